The summed E-state index contributed by atoms with van der Waals surface area (Å²) >= 11 is 0. The first-order valence-electron chi connectivity index (χ1n) is 13.6. The molecule has 0 aliphatic heterocycles. The van der Waals surface area contributed by atoms with Gasteiger partial charge in [-0.25, -0.2) is 0 Å². The predicted molar refractivity (Wildman–Crippen MR) is 167 cm³/mol. The molecular formula is C33H57ClN2O2+2. The third-order valence-corrected chi connectivity index (χ3v) is 6.08. The second-order valence-corrected chi connectivity index (χ2v) is 13.7. The van der Waals surface area contributed by atoms with E-state index in [4.69, 9.17) is 9.47 Å². The van der Waals surface area contributed by atoms with Gasteiger partial charge in [-0.15, -0.1) is 12.4 Å². The summed E-state index contributed by atoms with van der Waals surface area (Å²) < 4.78 is 13.6. The minimum absolute atomic E-state index is 0. The molecule has 2 aromatic carbocycles. The zero-order valence-electron chi connectivity index (χ0n) is 26.0. The van der Waals surface area contributed by atoms with Crippen LogP contribution >= 0.6 is 12.4 Å². The van der Waals surface area contributed by atoms with E-state index in [9.17, 15) is 0 Å². The molecule has 0 spiro atoms. The second-order valence-electron chi connectivity index (χ2n) is 13.7. The highest BCUT2D eigenvalue weighted by Crippen LogP contribution is 2.36. The Kier molecular flexibility index (Phi) is 15.5. The molecule has 0 aliphatic carbocycles. The van der Waals surface area contributed by atoms with Crippen LogP contribution in [-0.2, 0) is 16.7 Å². The third kappa shape index (κ3) is 16.9. The predicted octanol–water partition coefficient (Wildman–Crippen LogP) is 7.37. The molecule has 0 N–H and O–H groups in total. The monoisotopic (exact) mass is 548 g/mol. The largest absolute Gasteiger partial charge is 0.491 e. The second kappa shape index (κ2) is 16.3. The first-order valence-corrected chi connectivity index (χ1v) is 13.6. The lowest BCUT2D eigenvalue weighted by Gasteiger charge is -2.33. The minimum atomic E-state index is 0. The normalized spacial score (nSPS) is 12.2. The number of quaternary nitrogens is 2. The first-order chi connectivity index (χ1) is 17.0. The molecule has 4 nitrogen and oxygen atoms in total. The molecular weight excluding hydrogens is 492 g/mol. The molecule has 0 aliphatic rings. The lowest BCUT2D eigenvalue weighted by Crippen LogP contribution is -2.41. The number of hydrogen-bond donors (Lipinski definition) is 0. The van der Waals surface area contributed by atoms with Gasteiger partial charge in [0.1, 0.15) is 25.4 Å². The maximum Gasteiger partial charge on any atom is 0.119 e. The maximum absolute atomic E-state index is 5.87. The van der Waals surface area contributed by atoms with Crippen molar-refractivity contribution in [2.45, 2.75) is 53.0 Å². The van der Waals surface area contributed by atoms with Crippen molar-refractivity contribution in [2.75, 3.05) is 68.1 Å². The van der Waals surface area contributed by atoms with E-state index in [0.29, 0.717) is 18.6 Å². The summed E-state index contributed by atoms with van der Waals surface area (Å²) in [5.74, 6) is 0.911. The summed E-state index contributed by atoms with van der Waals surface area (Å²) in [4.78, 5) is 0. The van der Waals surface area contributed by atoms with Gasteiger partial charge >= 0.3 is 0 Å². The summed E-state index contributed by atoms with van der Waals surface area (Å²) in [6.07, 6.45) is 3.08. The molecule has 0 bridgehead atoms. The van der Waals surface area contributed by atoms with Gasteiger partial charge in [0.2, 0.25) is 0 Å². The molecule has 216 valence electrons. The Morgan fingerprint density at radius 1 is 0.789 bits per heavy atom. The fraction of sp³-hybridized carbons (Fsp3) is 0.576. The third-order valence-electron chi connectivity index (χ3n) is 6.08. The number of rotatable bonds is 13. The fourth-order valence-corrected chi connectivity index (χ4v) is 4.61. The van der Waals surface area contributed by atoms with Crippen molar-refractivity contribution < 1.29 is 18.4 Å². The fourth-order valence-electron chi connectivity index (χ4n) is 4.61. The SMILES string of the molecule is C=CC[N+](C)(C)C.CC(C)(C)CC(C)(C)c1ccc(OCCOCC[N+](C)(C)Cc2ccccc2)cc1.Cl. The Labute approximate surface area is 241 Å². The zero-order chi connectivity index (χ0) is 28.2. The van der Waals surface area contributed by atoms with Crippen LogP contribution in [0.25, 0.3) is 0 Å². The Hall–Kier alpha value is -1.85. The average Bonchev–Trinajstić information content (AvgIpc) is 2.75. The van der Waals surface area contributed by atoms with E-state index < -0.39 is 0 Å². The summed E-state index contributed by atoms with van der Waals surface area (Å²) in [5.41, 5.74) is 3.19. The van der Waals surface area contributed by atoms with Crippen LogP contribution in [0.1, 0.15) is 52.2 Å². The summed E-state index contributed by atoms with van der Waals surface area (Å²) in [6, 6.07) is 19.2. The van der Waals surface area contributed by atoms with Crippen molar-refractivity contribution in [3.05, 3.63) is 78.4 Å². The molecule has 2 aromatic rings. The first kappa shape index (κ1) is 36.1. The molecule has 0 radical (unpaired) electrons. The maximum atomic E-state index is 5.87. The van der Waals surface area contributed by atoms with Gasteiger partial charge in [0.05, 0.1) is 55.0 Å². The minimum Gasteiger partial charge on any atom is -0.491 e. The molecule has 38 heavy (non-hydrogen) atoms. The van der Waals surface area contributed by atoms with Crippen LogP contribution in [0.15, 0.2) is 67.3 Å². The van der Waals surface area contributed by atoms with Gasteiger partial charge in [-0.05, 0) is 41.0 Å². The zero-order valence-corrected chi connectivity index (χ0v) is 26.9. The van der Waals surface area contributed by atoms with E-state index >= 15 is 0 Å². The Balaban J connectivity index is 0.00000151. The van der Waals surface area contributed by atoms with Crippen molar-refractivity contribution in [1.29, 1.82) is 0 Å². The number of nitrogens with zero attached hydrogens (tertiary/aromatic N) is 2. The van der Waals surface area contributed by atoms with E-state index in [1.54, 1.807) is 0 Å². The van der Waals surface area contributed by atoms with Crippen molar-refractivity contribution in [3.63, 3.8) is 0 Å². The van der Waals surface area contributed by atoms with E-state index in [-0.39, 0.29) is 17.8 Å². The van der Waals surface area contributed by atoms with Crippen LogP contribution in [0.2, 0.25) is 0 Å². The van der Waals surface area contributed by atoms with E-state index in [1.807, 2.05) is 6.08 Å². The van der Waals surface area contributed by atoms with Crippen molar-refractivity contribution in [1.82, 2.24) is 0 Å². The quantitative estimate of drug-likeness (QED) is 0.148. The Morgan fingerprint density at radius 2 is 1.37 bits per heavy atom. The van der Waals surface area contributed by atoms with Crippen molar-refractivity contribution in [3.8, 4) is 5.75 Å². The van der Waals surface area contributed by atoms with Gasteiger partial charge < -0.3 is 18.4 Å². The van der Waals surface area contributed by atoms with Crippen LogP contribution < -0.4 is 4.74 Å². The molecule has 0 atom stereocenters. The Morgan fingerprint density at radius 3 is 1.84 bits per heavy atom. The number of likely N-dealkylation sites (N-methyl/N-ethyl adjacent to an activating group) is 2. The molecule has 0 heterocycles. The lowest BCUT2D eigenvalue weighted by molar-refractivity contribution is -0.904. The van der Waals surface area contributed by atoms with Crippen LogP contribution in [-0.4, -0.2) is 77.1 Å². The van der Waals surface area contributed by atoms with Gasteiger partial charge in [-0.2, -0.15) is 0 Å². The average molecular weight is 549 g/mol. The van der Waals surface area contributed by atoms with Gasteiger partial charge in [-0.1, -0.05) is 83.7 Å². The number of ether oxygens (including phenoxy) is 2. The van der Waals surface area contributed by atoms with E-state index in [0.717, 1.165) is 47.4 Å². The highest BCUT2D eigenvalue weighted by atomic mass is 35.5. The standard InChI is InChI=1S/C27H42NO2.C6H14N.ClH/c1-26(2,3)22-27(4,5)24-13-15-25(16-14-24)30-20-19-29-18-17-28(6,7)21-23-11-9-8-10-12-23;1-5-6-7(2,3)4;/h8-16H,17-22H2,1-7H3;5H,1,6H2,2-4H3;1H/q2*+1;. The van der Waals surface area contributed by atoms with Crippen LogP contribution in [0.4, 0.5) is 0 Å². The number of halogens is 1. The van der Waals surface area contributed by atoms with E-state index in [2.05, 4.69) is 131 Å². The van der Waals surface area contributed by atoms with Crippen molar-refractivity contribution >= 4 is 12.4 Å². The highest BCUT2D eigenvalue weighted by Gasteiger charge is 2.27. The smallest absolute Gasteiger partial charge is 0.119 e. The van der Waals surface area contributed by atoms with Crippen LogP contribution in [0.3, 0.4) is 0 Å². The molecule has 2 rings (SSSR count). The molecule has 0 saturated carbocycles. The van der Waals surface area contributed by atoms with Gasteiger partial charge in [-0.3, -0.25) is 0 Å². The number of benzene rings is 2. The molecule has 0 unspecified atom stereocenters. The molecule has 0 saturated heterocycles. The number of hydrogen-bond acceptors (Lipinski definition) is 2. The van der Waals surface area contributed by atoms with Gasteiger partial charge in [0.15, 0.2) is 0 Å². The molecule has 5 heteroatoms. The topological polar surface area (TPSA) is 18.5 Å². The van der Waals surface area contributed by atoms with Gasteiger partial charge in [0, 0.05) is 5.56 Å². The van der Waals surface area contributed by atoms with Crippen LogP contribution in [0.5, 0.6) is 5.75 Å². The highest BCUT2D eigenvalue weighted by molar-refractivity contribution is 5.85. The molecule has 0 amide bonds. The van der Waals surface area contributed by atoms with Gasteiger partial charge in [0.25, 0.3) is 0 Å². The Bertz CT molecular complexity index is 895. The lowest BCUT2D eigenvalue weighted by atomic mass is 9.72. The van der Waals surface area contributed by atoms with Crippen LogP contribution in [0, 0.1) is 5.41 Å². The summed E-state index contributed by atoms with van der Waals surface area (Å²) in [6.45, 7) is 20.1. The summed E-state index contributed by atoms with van der Waals surface area (Å²) in [5, 5.41) is 0. The van der Waals surface area contributed by atoms with Crippen molar-refractivity contribution in [2.24, 2.45) is 5.41 Å². The summed E-state index contributed by atoms with van der Waals surface area (Å²) in [7, 11) is 10.9. The van der Waals surface area contributed by atoms with E-state index in [1.165, 1.54) is 11.1 Å². The molecule has 0 fully saturated rings. The molecule has 0 aromatic heterocycles.